The van der Waals surface area contributed by atoms with Crippen LogP contribution in [0.2, 0.25) is 5.02 Å². The van der Waals surface area contributed by atoms with Gasteiger partial charge in [-0.3, -0.25) is 4.90 Å². The second-order valence-corrected chi connectivity index (χ2v) is 5.56. The van der Waals surface area contributed by atoms with E-state index in [2.05, 4.69) is 5.10 Å². The number of carbonyl (C=O) groups is 1. The van der Waals surface area contributed by atoms with Crippen LogP contribution < -0.4 is 4.90 Å². The second-order valence-electron chi connectivity index (χ2n) is 5.19. The maximum atomic E-state index is 13.1. The van der Waals surface area contributed by atoms with Crippen molar-refractivity contribution in [1.29, 1.82) is 0 Å². The smallest absolute Gasteiger partial charge is 0.261 e. The van der Waals surface area contributed by atoms with Gasteiger partial charge in [0.15, 0.2) is 0 Å². The average molecular weight is 326 g/mol. The zero-order chi connectivity index (χ0) is 16.4. The fraction of sp³-hybridized carbons (Fsp3) is 0.111. The Morgan fingerprint density at radius 2 is 1.43 bits per heavy atom. The highest BCUT2D eigenvalue weighted by Crippen LogP contribution is 2.27. The van der Waals surface area contributed by atoms with Crippen LogP contribution in [0, 0.1) is 13.8 Å². The minimum atomic E-state index is -0.269. The number of rotatable bonds is 2. The first-order valence-electron chi connectivity index (χ1n) is 7.26. The van der Waals surface area contributed by atoms with E-state index in [-0.39, 0.29) is 6.03 Å². The molecule has 3 rings (SSSR count). The summed E-state index contributed by atoms with van der Waals surface area (Å²) in [6.45, 7) is 3.57. The lowest BCUT2D eigenvalue weighted by Crippen LogP contribution is -2.32. The Kier molecular flexibility index (Phi) is 4.17. The van der Waals surface area contributed by atoms with Gasteiger partial charge in [0.2, 0.25) is 0 Å². The Morgan fingerprint density at radius 1 is 0.957 bits per heavy atom. The molecule has 1 heterocycles. The molecule has 1 aromatic heterocycles. The van der Waals surface area contributed by atoms with E-state index >= 15 is 0 Å². The average Bonchev–Trinajstić information content (AvgIpc) is 2.84. The van der Waals surface area contributed by atoms with E-state index in [1.54, 1.807) is 18.7 Å². The van der Waals surface area contributed by atoms with Crippen LogP contribution in [0.25, 0.3) is 0 Å². The number of halogens is 1. The molecule has 0 aliphatic heterocycles. The zero-order valence-electron chi connectivity index (χ0n) is 12.9. The number of amides is 1. The van der Waals surface area contributed by atoms with Crippen LogP contribution in [-0.4, -0.2) is 15.8 Å². The summed E-state index contributed by atoms with van der Waals surface area (Å²) in [6, 6.07) is 18.7. The van der Waals surface area contributed by atoms with E-state index in [0.717, 1.165) is 11.4 Å². The molecule has 0 atom stereocenters. The van der Waals surface area contributed by atoms with Crippen molar-refractivity contribution in [2.45, 2.75) is 13.8 Å². The number of benzene rings is 2. The third-order valence-corrected chi connectivity index (χ3v) is 4.15. The predicted octanol–water partition coefficient (Wildman–Crippen LogP) is 4.96. The van der Waals surface area contributed by atoms with E-state index in [4.69, 9.17) is 11.6 Å². The maximum absolute atomic E-state index is 13.1. The first-order chi connectivity index (χ1) is 11.1. The van der Waals surface area contributed by atoms with E-state index in [9.17, 15) is 4.79 Å². The summed E-state index contributed by atoms with van der Waals surface area (Å²) in [7, 11) is 0. The molecule has 23 heavy (non-hydrogen) atoms. The zero-order valence-corrected chi connectivity index (χ0v) is 13.7. The van der Waals surface area contributed by atoms with Gasteiger partial charge in [-0.1, -0.05) is 48.0 Å². The molecule has 0 saturated carbocycles. The minimum absolute atomic E-state index is 0.269. The quantitative estimate of drug-likeness (QED) is 0.668. The normalized spacial score (nSPS) is 10.6. The predicted molar refractivity (Wildman–Crippen MR) is 92.5 cm³/mol. The number of para-hydroxylation sites is 2. The molecule has 0 saturated heterocycles. The fourth-order valence-electron chi connectivity index (χ4n) is 2.43. The van der Waals surface area contributed by atoms with Gasteiger partial charge >= 0.3 is 6.03 Å². The van der Waals surface area contributed by atoms with Gasteiger partial charge in [-0.15, -0.1) is 0 Å². The second kappa shape index (κ2) is 6.26. The molecular weight excluding hydrogens is 310 g/mol. The van der Waals surface area contributed by atoms with Crippen LogP contribution in [0.15, 0.2) is 60.7 Å². The first kappa shape index (κ1) is 15.3. The van der Waals surface area contributed by atoms with Crippen LogP contribution in [0.5, 0.6) is 0 Å². The molecule has 5 heteroatoms. The summed E-state index contributed by atoms with van der Waals surface area (Å²) in [5.74, 6) is 0. The lowest BCUT2D eigenvalue weighted by Gasteiger charge is -2.23. The van der Waals surface area contributed by atoms with Gasteiger partial charge in [-0.2, -0.15) is 9.78 Å². The molecule has 4 nitrogen and oxygen atoms in total. The number of anilines is 2. The Balaban J connectivity index is 2.12. The molecule has 0 fully saturated rings. The summed E-state index contributed by atoms with van der Waals surface area (Å²) in [5.41, 5.74) is 2.81. The molecular formula is C18H16ClN3O. The van der Waals surface area contributed by atoms with Crippen LogP contribution in [0.4, 0.5) is 16.2 Å². The van der Waals surface area contributed by atoms with Crippen molar-refractivity contribution < 1.29 is 4.79 Å². The highest BCUT2D eigenvalue weighted by Gasteiger charge is 2.23. The third kappa shape index (κ3) is 2.85. The lowest BCUT2D eigenvalue weighted by atomic mass is 10.2. The van der Waals surface area contributed by atoms with Gasteiger partial charge in [0.1, 0.15) is 0 Å². The number of aryl methyl sites for hydroxylation is 1. The Bertz CT molecular complexity index is 789. The highest BCUT2D eigenvalue weighted by atomic mass is 35.5. The molecule has 2 aromatic carbocycles. The Hall–Kier alpha value is -2.59. The number of hydrogen-bond donors (Lipinski definition) is 0. The molecule has 1 amide bonds. The van der Waals surface area contributed by atoms with Crippen molar-refractivity contribution in [1.82, 2.24) is 9.78 Å². The Morgan fingerprint density at radius 3 is 1.83 bits per heavy atom. The monoisotopic (exact) mass is 325 g/mol. The molecule has 0 aliphatic carbocycles. The maximum Gasteiger partial charge on any atom is 0.354 e. The van der Waals surface area contributed by atoms with Crippen LogP contribution in [0.3, 0.4) is 0 Å². The summed E-state index contributed by atoms with van der Waals surface area (Å²) < 4.78 is 1.34. The van der Waals surface area contributed by atoms with Gasteiger partial charge < -0.3 is 0 Å². The van der Waals surface area contributed by atoms with Crippen molar-refractivity contribution in [2.75, 3.05) is 4.90 Å². The SMILES string of the molecule is Cc1nn(C(=O)N(c2ccccc2)c2ccccc2)c(C)c1Cl. The molecule has 0 spiro atoms. The largest absolute Gasteiger partial charge is 0.354 e. The minimum Gasteiger partial charge on any atom is -0.261 e. The highest BCUT2D eigenvalue weighted by molar-refractivity contribution is 6.32. The van der Waals surface area contributed by atoms with Gasteiger partial charge in [-0.05, 0) is 38.1 Å². The molecule has 0 radical (unpaired) electrons. The molecule has 0 N–H and O–H groups in total. The van der Waals surface area contributed by atoms with Gasteiger partial charge in [0.05, 0.1) is 27.8 Å². The standard InChI is InChI=1S/C18H16ClN3O/c1-13-17(19)14(2)22(20-13)18(23)21(15-9-5-3-6-10-15)16-11-7-4-8-12-16/h3-12H,1-2H3. The fourth-order valence-corrected chi connectivity index (χ4v) is 2.55. The van der Waals surface area contributed by atoms with E-state index < -0.39 is 0 Å². The Labute approximate surface area is 139 Å². The summed E-state index contributed by atoms with van der Waals surface area (Å²) in [6.07, 6.45) is 0. The van der Waals surface area contributed by atoms with Gasteiger partial charge in [0, 0.05) is 0 Å². The van der Waals surface area contributed by atoms with E-state index in [1.807, 2.05) is 60.7 Å². The van der Waals surface area contributed by atoms with Crippen molar-refractivity contribution in [2.24, 2.45) is 0 Å². The number of aromatic nitrogens is 2. The van der Waals surface area contributed by atoms with E-state index in [0.29, 0.717) is 16.4 Å². The van der Waals surface area contributed by atoms with Gasteiger partial charge in [-0.25, -0.2) is 4.79 Å². The van der Waals surface area contributed by atoms with Gasteiger partial charge in [0.25, 0.3) is 0 Å². The van der Waals surface area contributed by atoms with Crippen molar-refractivity contribution in [3.8, 4) is 0 Å². The molecule has 116 valence electrons. The summed E-state index contributed by atoms with van der Waals surface area (Å²) in [4.78, 5) is 14.7. The molecule has 3 aromatic rings. The molecule has 0 aliphatic rings. The first-order valence-corrected chi connectivity index (χ1v) is 7.63. The van der Waals surface area contributed by atoms with E-state index in [1.165, 1.54) is 4.68 Å². The lowest BCUT2D eigenvalue weighted by molar-refractivity contribution is 0.246. The molecule has 0 unspecified atom stereocenters. The van der Waals surface area contributed by atoms with Crippen LogP contribution in [0.1, 0.15) is 11.4 Å². The topological polar surface area (TPSA) is 38.1 Å². The van der Waals surface area contributed by atoms with Crippen molar-refractivity contribution in [3.05, 3.63) is 77.1 Å². The van der Waals surface area contributed by atoms with Crippen LogP contribution in [-0.2, 0) is 0 Å². The van der Waals surface area contributed by atoms with Crippen molar-refractivity contribution >= 4 is 29.0 Å². The summed E-state index contributed by atoms with van der Waals surface area (Å²) in [5, 5.41) is 4.79. The summed E-state index contributed by atoms with van der Waals surface area (Å²) >= 11 is 6.19. The van der Waals surface area contributed by atoms with Crippen molar-refractivity contribution in [3.63, 3.8) is 0 Å². The number of hydrogen-bond acceptors (Lipinski definition) is 2. The number of carbonyl (C=O) groups excluding carboxylic acids is 1. The molecule has 0 bridgehead atoms. The third-order valence-electron chi connectivity index (χ3n) is 3.60. The van der Waals surface area contributed by atoms with Crippen LogP contribution >= 0.6 is 11.6 Å². The number of nitrogens with zero attached hydrogens (tertiary/aromatic N) is 3.